The monoisotopic (exact) mass is 689 g/mol. The molecular formula is C47H27N7. The number of rotatable bonds is 5. The van der Waals surface area contributed by atoms with Crippen molar-refractivity contribution >= 4 is 43.6 Å². The van der Waals surface area contributed by atoms with Crippen LogP contribution in [0.15, 0.2) is 164 Å². The fourth-order valence-electron chi connectivity index (χ4n) is 7.73. The van der Waals surface area contributed by atoms with E-state index in [0.29, 0.717) is 45.5 Å². The molecule has 0 fully saturated rings. The van der Waals surface area contributed by atoms with Gasteiger partial charge in [-0.2, -0.15) is 10.5 Å². The SMILES string of the molecule is N#Cc1cc(-c2nc(-c3ccccc3)nc(-c3ccccc3)n2)c(C#N)c(-n2c3ccccc3c3ccccc32)c1-n1c2ccccc2c2ccccc21. The summed E-state index contributed by atoms with van der Waals surface area (Å²) in [5.41, 5.74) is 7.58. The molecule has 0 atom stereocenters. The van der Waals surface area contributed by atoms with Crippen LogP contribution >= 0.6 is 0 Å². The normalized spacial score (nSPS) is 11.3. The summed E-state index contributed by atoms with van der Waals surface area (Å²) < 4.78 is 4.26. The lowest BCUT2D eigenvalue weighted by Gasteiger charge is -2.21. The summed E-state index contributed by atoms with van der Waals surface area (Å²) in [5.74, 6) is 1.23. The average Bonchev–Trinajstić information content (AvgIpc) is 3.76. The van der Waals surface area contributed by atoms with E-state index >= 15 is 0 Å². The van der Waals surface area contributed by atoms with Crippen molar-refractivity contribution in [3.05, 3.63) is 175 Å². The van der Waals surface area contributed by atoms with Crippen LogP contribution < -0.4 is 0 Å². The molecule has 0 aliphatic heterocycles. The minimum atomic E-state index is 0.298. The van der Waals surface area contributed by atoms with Crippen LogP contribution in [0.3, 0.4) is 0 Å². The minimum Gasteiger partial charge on any atom is -0.306 e. The summed E-state index contributed by atoms with van der Waals surface area (Å²) in [6.07, 6.45) is 0. The van der Waals surface area contributed by atoms with Crippen molar-refractivity contribution in [2.24, 2.45) is 0 Å². The highest BCUT2D eigenvalue weighted by Crippen LogP contribution is 2.43. The first kappa shape index (κ1) is 30.9. The van der Waals surface area contributed by atoms with E-state index in [-0.39, 0.29) is 0 Å². The zero-order valence-electron chi connectivity index (χ0n) is 28.7. The second-order valence-corrected chi connectivity index (χ2v) is 13.0. The molecule has 0 radical (unpaired) electrons. The molecular weight excluding hydrogens is 663 g/mol. The van der Waals surface area contributed by atoms with Gasteiger partial charge < -0.3 is 9.13 Å². The van der Waals surface area contributed by atoms with E-state index < -0.39 is 0 Å². The number of aromatic nitrogens is 5. The number of para-hydroxylation sites is 4. The van der Waals surface area contributed by atoms with Crippen LogP contribution in [0.25, 0.3) is 89.2 Å². The Labute approximate surface area is 309 Å². The molecule has 10 aromatic rings. The van der Waals surface area contributed by atoms with Crippen LogP contribution in [-0.2, 0) is 0 Å². The fraction of sp³-hybridized carbons (Fsp3) is 0. The lowest BCUT2D eigenvalue weighted by atomic mass is 9.98. The Morgan fingerprint density at radius 1 is 0.389 bits per heavy atom. The predicted octanol–water partition coefficient (Wildman–Crippen LogP) is 10.8. The van der Waals surface area contributed by atoms with Crippen LogP contribution in [0, 0.1) is 22.7 Å². The van der Waals surface area contributed by atoms with Gasteiger partial charge in [0.2, 0.25) is 0 Å². The molecule has 0 aliphatic rings. The molecule has 0 unspecified atom stereocenters. The Hall–Kier alpha value is -7.87. The number of nitriles is 2. The van der Waals surface area contributed by atoms with Crippen molar-refractivity contribution in [3.8, 4) is 57.7 Å². The maximum atomic E-state index is 11.5. The number of benzene rings is 7. The topological polar surface area (TPSA) is 96.1 Å². The summed E-state index contributed by atoms with van der Waals surface area (Å²) in [5, 5.41) is 26.8. The third kappa shape index (κ3) is 4.70. The molecule has 0 aliphatic carbocycles. The quantitative estimate of drug-likeness (QED) is 0.179. The van der Waals surface area contributed by atoms with E-state index in [1.54, 1.807) is 6.07 Å². The van der Waals surface area contributed by atoms with Crippen LogP contribution in [0.5, 0.6) is 0 Å². The van der Waals surface area contributed by atoms with Crippen molar-refractivity contribution in [1.82, 2.24) is 24.1 Å². The summed E-state index contributed by atoms with van der Waals surface area (Å²) in [4.78, 5) is 14.9. The van der Waals surface area contributed by atoms with Gasteiger partial charge >= 0.3 is 0 Å². The first-order valence-electron chi connectivity index (χ1n) is 17.6. The maximum Gasteiger partial charge on any atom is 0.165 e. The third-order valence-electron chi connectivity index (χ3n) is 10.1. The number of nitrogens with zero attached hydrogens (tertiary/aromatic N) is 7. The summed E-state index contributed by atoms with van der Waals surface area (Å²) in [7, 11) is 0. The minimum absolute atomic E-state index is 0.298. The Bertz CT molecular complexity index is 3020. The molecule has 54 heavy (non-hydrogen) atoms. The Kier molecular flexibility index (Phi) is 7.11. The smallest absolute Gasteiger partial charge is 0.165 e. The lowest BCUT2D eigenvalue weighted by molar-refractivity contribution is 1.06. The Morgan fingerprint density at radius 2 is 0.759 bits per heavy atom. The lowest BCUT2D eigenvalue weighted by Crippen LogP contribution is -2.11. The van der Waals surface area contributed by atoms with Crippen LogP contribution in [-0.4, -0.2) is 24.1 Å². The Balaban J connectivity index is 1.40. The van der Waals surface area contributed by atoms with Crippen molar-refractivity contribution < 1.29 is 0 Å². The maximum absolute atomic E-state index is 11.5. The van der Waals surface area contributed by atoms with Crippen LogP contribution in [0.4, 0.5) is 0 Å². The molecule has 7 aromatic carbocycles. The molecule has 0 bridgehead atoms. The van der Waals surface area contributed by atoms with E-state index in [4.69, 9.17) is 15.0 Å². The van der Waals surface area contributed by atoms with Gasteiger partial charge in [-0.05, 0) is 30.3 Å². The first-order valence-corrected chi connectivity index (χ1v) is 17.6. The molecule has 0 amide bonds. The Morgan fingerprint density at radius 3 is 1.17 bits per heavy atom. The molecule has 0 spiro atoms. The van der Waals surface area contributed by atoms with Gasteiger partial charge in [-0.15, -0.1) is 0 Å². The standard InChI is InChI=1S/C47H27N7/c48-28-32-27-37(47-51-45(30-15-3-1-4-16-30)50-46(52-47)31-17-5-2-6-18-31)38(29-49)44(54-41-25-13-9-21-35(41)36-22-10-14-26-42(36)54)43(32)53-39-23-11-7-19-33(39)34-20-8-12-24-40(34)53/h1-27H. The van der Waals surface area contributed by atoms with Crippen molar-refractivity contribution in [1.29, 1.82) is 10.5 Å². The van der Waals surface area contributed by atoms with Crippen molar-refractivity contribution in [3.63, 3.8) is 0 Å². The molecule has 250 valence electrons. The average molecular weight is 690 g/mol. The second kappa shape index (κ2) is 12.4. The van der Waals surface area contributed by atoms with Gasteiger partial charge in [0.1, 0.15) is 12.1 Å². The number of hydrogen-bond donors (Lipinski definition) is 0. The van der Waals surface area contributed by atoms with Gasteiger partial charge in [-0.3, -0.25) is 0 Å². The fourth-order valence-corrected chi connectivity index (χ4v) is 7.73. The molecule has 3 aromatic heterocycles. The first-order chi connectivity index (χ1) is 26.7. The molecule has 0 saturated heterocycles. The van der Waals surface area contributed by atoms with E-state index in [9.17, 15) is 10.5 Å². The van der Waals surface area contributed by atoms with Gasteiger partial charge in [0.15, 0.2) is 17.5 Å². The number of hydrogen-bond acceptors (Lipinski definition) is 5. The summed E-state index contributed by atoms with van der Waals surface area (Å²) in [6, 6.07) is 59.2. The third-order valence-corrected chi connectivity index (χ3v) is 10.1. The number of fused-ring (bicyclic) bond motifs is 6. The van der Waals surface area contributed by atoms with Crippen LogP contribution in [0.1, 0.15) is 11.1 Å². The van der Waals surface area contributed by atoms with Gasteiger partial charge in [-0.25, -0.2) is 15.0 Å². The van der Waals surface area contributed by atoms with E-state index in [0.717, 1.165) is 54.7 Å². The second-order valence-electron chi connectivity index (χ2n) is 13.0. The summed E-state index contributed by atoms with van der Waals surface area (Å²) in [6.45, 7) is 0. The zero-order chi connectivity index (χ0) is 36.2. The molecule has 0 saturated carbocycles. The van der Waals surface area contributed by atoms with Gasteiger partial charge in [0.05, 0.1) is 44.6 Å². The molecule has 10 rings (SSSR count). The van der Waals surface area contributed by atoms with Gasteiger partial charge in [0, 0.05) is 38.2 Å². The highest BCUT2D eigenvalue weighted by molar-refractivity contribution is 6.12. The largest absolute Gasteiger partial charge is 0.306 e. The van der Waals surface area contributed by atoms with E-state index in [2.05, 4.69) is 69.8 Å². The van der Waals surface area contributed by atoms with E-state index in [1.807, 2.05) is 109 Å². The van der Waals surface area contributed by atoms with Crippen molar-refractivity contribution in [2.75, 3.05) is 0 Å². The summed E-state index contributed by atoms with van der Waals surface area (Å²) >= 11 is 0. The predicted molar refractivity (Wildman–Crippen MR) is 214 cm³/mol. The highest BCUT2D eigenvalue weighted by Gasteiger charge is 2.28. The molecule has 0 N–H and O–H groups in total. The molecule has 3 heterocycles. The van der Waals surface area contributed by atoms with Crippen LogP contribution in [0.2, 0.25) is 0 Å². The van der Waals surface area contributed by atoms with E-state index in [1.165, 1.54) is 0 Å². The highest BCUT2D eigenvalue weighted by atomic mass is 15.1. The zero-order valence-corrected chi connectivity index (χ0v) is 28.7. The van der Waals surface area contributed by atoms with Crippen molar-refractivity contribution in [2.45, 2.75) is 0 Å². The van der Waals surface area contributed by atoms with Gasteiger partial charge in [-0.1, -0.05) is 133 Å². The molecule has 7 heteroatoms. The van der Waals surface area contributed by atoms with Gasteiger partial charge in [0.25, 0.3) is 0 Å². The molecule has 7 nitrogen and oxygen atoms in total.